The molecule has 0 amide bonds. The maximum atomic E-state index is 6.29. The van der Waals surface area contributed by atoms with Crippen molar-refractivity contribution in [2.45, 2.75) is 43.8 Å². The number of likely N-dealkylation sites (N-methyl/N-ethyl adjacent to an activating group) is 1. The first kappa shape index (κ1) is 22.0. The summed E-state index contributed by atoms with van der Waals surface area (Å²) in [6, 6.07) is 23.7. The molecule has 184 valence electrons. The molecule has 3 saturated heterocycles. The van der Waals surface area contributed by atoms with E-state index in [1.54, 1.807) is 0 Å². The van der Waals surface area contributed by atoms with Gasteiger partial charge in [0.25, 0.3) is 0 Å². The number of ether oxygens (including phenoxy) is 1. The highest BCUT2D eigenvalue weighted by Crippen LogP contribution is 2.37. The van der Waals surface area contributed by atoms with Crippen LogP contribution in [0.5, 0.6) is 6.01 Å². The van der Waals surface area contributed by atoms with Gasteiger partial charge in [-0.05, 0) is 79.4 Å². The number of benzene rings is 3. The molecule has 2 unspecified atom stereocenters. The van der Waals surface area contributed by atoms with Gasteiger partial charge in [-0.25, -0.2) is 0 Å². The molecule has 0 spiro atoms. The van der Waals surface area contributed by atoms with Crippen molar-refractivity contribution in [2.24, 2.45) is 0 Å². The van der Waals surface area contributed by atoms with Crippen molar-refractivity contribution in [2.75, 3.05) is 38.2 Å². The molecule has 4 aromatic rings. The third kappa shape index (κ3) is 3.89. The SMILES string of the molecule is CN1CCC[C@H]1COc1nc(N2C3CCC2CNC3)c2ccc(-c3ccc4ccccc4c3)cc2n1. The Bertz CT molecular complexity index is 1410. The fourth-order valence-corrected chi connectivity index (χ4v) is 6.39. The quantitative estimate of drug-likeness (QED) is 0.441. The fourth-order valence-electron chi connectivity index (χ4n) is 6.39. The number of fused-ring (bicyclic) bond motifs is 4. The van der Waals surface area contributed by atoms with Gasteiger partial charge in [0.05, 0.1) is 5.52 Å². The zero-order valence-corrected chi connectivity index (χ0v) is 20.9. The fraction of sp³-hybridized carbons (Fsp3) is 0.400. The third-order valence-corrected chi connectivity index (χ3v) is 8.44. The molecule has 0 saturated carbocycles. The highest BCUT2D eigenvalue weighted by atomic mass is 16.5. The summed E-state index contributed by atoms with van der Waals surface area (Å²) in [5.41, 5.74) is 3.33. The van der Waals surface area contributed by atoms with Gasteiger partial charge in [0.1, 0.15) is 12.4 Å². The van der Waals surface area contributed by atoms with E-state index in [1.807, 2.05) is 0 Å². The third-order valence-electron chi connectivity index (χ3n) is 8.44. The molecule has 2 bridgehead atoms. The molecule has 0 aliphatic carbocycles. The largest absolute Gasteiger partial charge is 0.462 e. The zero-order valence-electron chi connectivity index (χ0n) is 20.9. The van der Waals surface area contributed by atoms with E-state index in [0.717, 1.165) is 36.4 Å². The van der Waals surface area contributed by atoms with Crippen LogP contribution >= 0.6 is 0 Å². The summed E-state index contributed by atoms with van der Waals surface area (Å²) in [7, 11) is 2.18. The Labute approximate surface area is 212 Å². The predicted octanol–water partition coefficient (Wildman–Crippen LogP) is 4.86. The number of nitrogens with one attached hydrogen (secondary N) is 1. The molecule has 4 heterocycles. The van der Waals surface area contributed by atoms with Crippen molar-refractivity contribution in [1.29, 1.82) is 0 Å². The molecular formula is C30H33N5O. The van der Waals surface area contributed by atoms with Gasteiger partial charge in [-0.15, -0.1) is 0 Å². The normalized spacial score (nSPS) is 24.1. The Hall–Kier alpha value is -3.22. The lowest BCUT2D eigenvalue weighted by Crippen LogP contribution is -2.52. The molecule has 3 atom stereocenters. The predicted molar refractivity (Wildman–Crippen MR) is 146 cm³/mol. The summed E-state index contributed by atoms with van der Waals surface area (Å²) in [6.07, 6.45) is 4.82. The number of piperazine rings is 1. The summed E-state index contributed by atoms with van der Waals surface area (Å²) in [5, 5.41) is 7.22. The molecule has 6 nitrogen and oxygen atoms in total. The van der Waals surface area contributed by atoms with Crippen LogP contribution in [-0.2, 0) is 0 Å². The summed E-state index contributed by atoms with van der Waals surface area (Å²) in [4.78, 5) is 14.9. The minimum absolute atomic E-state index is 0.437. The lowest BCUT2D eigenvalue weighted by molar-refractivity contribution is 0.188. The van der Waals surface area contributed by atoms with E-state index in [0.29, 0.717) is 30.7 Å². The number of likely N-dealkylation sites (tertiary alicyclic amines) is 1. The maximum absolute atomic E-state index is 6.29. The van der Waals surface area contributed by atoms with E-state index >= 15 is 0 Å². The lowest BCUT2D eigenvalue weighted by atomic mass is 10.00. The average molecular weight is 480 g/mol. The van der Waals surface area contributed by atoms with Crippen LogP contribution in [0.25, 0.3) is 32.8 Å². The van der Waals surface area contributed by atoms with Gasteiger partial charge in [-0.1, -0.05) is 42.5 Å². The number of hydrogen-bond donors (Lipinski definition) is 1. The Morgan fingerprint density at radius 1 is 0.889 bits per heavy atom. The number of hydrogen-bond acceptors (Lipinski definition) is 6. The van der Waals surface area contributed by atoms with E-state index in [-0.39, 0.29) is 0 Å². The summed E-state index contributed by atoms with van der Waals surface area (Å²) in [5.74, 6) is 1.04. The van der Waals surface area contributed by atoms with Crippen LogP contribution in [0.4, 0.5) is 5.82 Å². The van der Waals surface area contributed by atoms with Crippen molar-refractivity contribution in [3.8, 4) is 17.1 Å². The van der Waals surface area contributed by atoms with Crippen LogP contribution in [0.1, 0.15) is 25.7 Å². The van der Waals surface area contributed by atoms with Crippen molar-refractivity contribution in [3.05, 3.63) is 60.7 Å². The molecule has 7 rings (SSSR count). The molecule has 1 aromatic heterocycles. The van der Waals surface area contributed by atoms with Crippen LogP contribution in [0, 0.1) is 0 Å². The van der Waals surface area contributed by atoms with Crippen molar-refractivity contribution < 1.29 is 4.74 Å². The first-order valence-electron chi connectivity index (χ1n) is 13.4. The second-order valence-corrected chi connectivity index (χ2v) is 10.7. The van der Waals surface area contributed by atoms with E-state index in [4.69, 9.17) is 14.7 Å². The molecule has 3 aliphatic heterocycles. The Morgan fingerprint density at radius 2 is 1.67 bits per heavy atom. The molecular weight excluding hydrogens is 446 g/mol. The number of aromatic nitrogens is 2. The molecule has 0 radical (unpaired) electrons. The van der Waals surface area contributed by atoms with Crippen molar-refractivity contribution in [3.63, 3.8) is 0 Å². The molecule has 3 fully saturated rings. The first-order chi connectivity index (χ1) is 17.7. The van der Waals surface area contributed by atoms with E-state index in [1.165, 1.54) is 47.6 Å². The summed E-state index contributed by atoms with van der Waals surface area (Å²) < 4.78 is 6.29. The second kappa shape index (κ2) is 9.02. The smallest absolute Gasteiger partial charge is 0.319 e. The lowest BCUT2D eigenvalue weighted by Gasteiger charge is -2.37. The van der Waals surface area contributed by atoms with Crippen LogP contribution in [0.15, 0.2) is 60.7 Å². The van der Waals surface area contributed by atoms with E-state index in [2.05, 4.69) is 82.8 Å². The molecule has 6 heteroatoms. The molecule has 3 aromatic carbocycles. The first-order valence-corrected chi connectivity index (χ1v) is 13.4. The number of rotatable bonds is 5. The van der Waals surface area contributed by atoms with Crippen LogP contribution < -0.4 is 15.0 Å². The van der Waals surface area contributed by atoms with Crippen LogP contribution in [0.2, 0.25) is 0 Å². The van der Waals surface area contributed by atoms with Gasteiger partial charge in [-0.2, -0.15) is 9.97 Å². The Kier molecular flexibility index (Phi) is 5.51. The number of anilines is 1. The van der Waals surface area contributed by atoms with Gasteiger partial charge in [-0.3, -0.25) is 0 Å². The van der Waals surface area contributed by atoms with Crippen molar-refractivity contribution >= 4 is 27.5 Å². The Morgan fingerprint density at radius 3 is 2.47 bits per heavy atom. The highest BCUT2D eigenvalue weighted by molar-refractivity contribution is 5.94. The molecule has 3 aliphatic rings. The molecule has 1 N–H and O–H groups in total. The standard InChI is InChI=1S/C30H33N5O/c1-34-14-4-7-26(34)19-36-30-32-28-16-23(22-9-8-20-5-2-3-6-21(20)15-22)10-13-27(28)29(33-30)35-24-11-12-25(35)18-31-17-24/h2-3,5-6,8-10,13,15-16,24-26,31H,4,7,11-12,14,17-19H2,1H3/t24?,25?,26-/m0/s1. The highest BCUT2D eigenvalue weighted by Gasteiger charge is 2.38. The minimum atomic E-state index is 0.437. The second-order valence-electron chi connectivity index (χ2n) is 10.7. The zero-order chi connectivity index (χ0) is 24.1. The average Bonchev–Trinajstić information content (AvgIpc) is 3.44. The topological polar surface area (TPSA) is 53.5 Å². The minimum Gasteiger partial charge on any atom is -0.462 e. The monoisotopic (exact) mass is 479 g/mol. The number of nitrogens with zero attached hydrogens (tertiary/aromatic N) is 4. The molecule has 36 heavy (non-hydrogen) atoms. The van der Waals surface area contributed by atoms with Crippen LogP contribution in [-0.4, -0.2) is 66.3 Å². The van der Waals surface area contributed by atoms with E-state index in [9.17, 15) is 0 Å². The van der Waals surface area contributed by atoms with Gasteiger partial charge in [0.2, 0.25) is 0 Å². The summed E-state index contributed by atoms with van der Waals surface area (Å²) >= 11 is 0. The van der Waals surface area contributed by atoms with Gasteiger partial charge in [0, 0.05) is 36.6 Å². The van der Waals surface area contributed by atoms with Gasteiger partial charge >= 0.3 is 6.01 Å². The Balaban J connectivity index is 1.30. The van der Waals surface area contributed by atoms with E-state index < -0.39 is 0 Å². The van der Waals surface area contributed by atoms with Crippen LogP contribution in [0.3, 0.4) is 0 Å². The van der Waals surface area contributed by atoms with Gasteiger partial charge in [0.15, 0.2) is 0 Å². The summed E-state index contributed by atoms with van der Waals surface area (Å²) in [6.45, 7) is 3.80. The van der Waals surface area contributed by atoms with Gasteiger partial charge < -0.3 is 19.9 Å². The van der Waals surface area contributed by atoms with Crippen molar-refractivity contribution in [1.82, 2.24) is 20.2 Å². The maximum Gasteiger partial charge on any atom is 0.319 e.